The first-order valence-corrected chi connectivity index (χ1v) is 8.87. The van der Waals surface area contributed by atoms with Crippen LogP contribution in [0.4, 0.5) is 5.69 Å². The highest BCUT2D eigenvalue weighted by Gasteiger charge is 2.26. The molecule has 2 aromatic rings. The van der Waals surface area contributed by atoms with Crippen LogP contribution in [0.15, 0.2) is 36.4 Å². The van der Waals surface area contributed by atoms with Crippen LogP contribution in [-0.4, -0.2) is 23.0 Å². The van der Waals surface area contributed by atoms with Crippen LogP contribution >= 0.6 is 34.8 Å². The minimum atomic E-state index is -0.827. The summed E-state index contributed by atoms with van der Waals surface area (Å²) in [4.78, 5) is 25.0. The van der Waals surface area contributed by atoms with Crippen molar-refractivity contribution in [3.63, 3.8) is 0 Å². The maximum atomic E-state index is 12.6. The van der Waals surface area contributed by atoms with Gasteiger partial charge in [0.15, 0.2) is 0 Å². The van der Waals surface area contributed by atoms with Crippen LogP contribution < -0.4 is 10.6 Å². The van der Waals surface area contributed by atoms with E-state index in [9.17, 15) is 14.7 Å². The minimum absolute atomic E-state index is 0.0300. The van der Waals surface area contributed by atoms with Crippen LogP contribution in [0.25, 0.3) is 0 Å². The van der Waals surface area contributed by atoms with Crippen LogP contribution in [0, 0.1) is 5.92 Å². The number of nitrogens with one attached hydrogen (secondary N) is 2. The highest BCUT2D eigenvalue weighted by atomic mass is 35.5. The molecular formula is C18H17Cl3N2O3. The second-order valence-corrected chi connectivity index (χ2v) is 7.23. The SMILES string of the molecule is CC(C)[C@H](NC(=O)c1ccc(Cl)cc1O)C(=O)Nc1ccc(Cl)c(Cl)c1. The molecule has 0 unspecified atom stereocenters. The Morgan fingerprint density at radius 1 is 1.00 bits per heavy atom. The first-order chi connectivity index (χ1) is 12.2. The van der Waals surface area contributed by atoms with E-state index in [1.807, 2.05) is 0 Å². The van der Waals surface area contributed by atoms with Gasteiger partial charge in [0.25, 0.3) is 5.91 Å². The average molecular weight is 416 g/mol. The molecule has 2 rings (SSSR count). The standard InChI is InChI=1S/C18H17Cl3N2O3/c1-9(2)16(18(26)22-11-4-6-13(20)14(21)8-11)23-17(25)12-5-3-10(19)7-15(12)24/h3-9,16,24H,1-2H3,(H,22,26)(H,23,25)/t16-/m0/s1. The molecule has 0 aliphatic heterocycles. The quantitative estimate of drug-likeness (QED) is 0.659. The summed E-state index contributed by atoms with van der Waals surface area (Å²) >= 11 is 17.6. The Hall–Kier alpha value is -1.95. The van der Waals surface area contributed by atoms with E-state index in [-0.39, 0.29) is 17.2 Å². The Morgan fingerprint density at radius 2 is 1.69 bits per heavy atom. The molecule has 8 heteroatoms. The van der Waals surface area contributed by atoms with Crippen molar-refractivity contribution in [2.24, 2.45) is 5.92 Å². The molecule has 0 spiro atoms. The van der Waals surface area contributed by atoms with Gasteiger partial charge in [0.2, 0.25) is 5.91 Å². The number of phenolic OH excluding ortho intramolecular Hbond substituents is 1. The number of phenols is 1. The van der Waals surface area contributed by atoms with Gasteiger partial charge in [-0.2, -0.15) is 0 Å². The molecule has 0 bridgehead atoms. The van der Waals surface area contributed by atoms with Crippen LogP contribution in [0.5, 0.6) is 5.75 Å². The number of anilines is 1. The Bertz CT molecular complexity index is 840. The molecule has 0 saturated heterocycles. The lowest BCUT2D eigenvalue weighted by molar-refractivity contribution is -0.118. The highest BCUT2D eigenvalue weighted by Crippen LogP contribution is 2.25. The summed E-state index contributed by atoms with van der Waals surface area (Å²) < 4.78 is 0. The lowest BCUT2D eigenvalue weighted by Gasteiger charge is -2.22. The number of hydrogen-bond donors (Lipinski definition) is 3. The third kappa shape index (κ3) is 5.04. The Morgan fingerprint density at radius 3 is 2.27 bits per heavy atom. The Labute approximate surface area is 166 Å². The molecule has 138 valence electrons. The summed E-state index contributed by atoms with van der Waals surface area (Å²) in [5.74, 6) is -1.46. The zero-order valence-electron chi connectivity index (χ0n) is 14.0. The van der Waals surface area contributed by atoms with Crippen LogP contribution in [0.2, 0.25) is 15.1 Å². The molecule has 0 heterocycles. The normalized spacial score (nSPS) is 11.9. The van der Waals surface area contributed by atoms with Crippen molar-refractivity contribution in [3.05, 3.63) is 57.0 Å². The van der Waals surface area contributed by atoms with Crippen LogP contribution in [0.1, 0.15) is 24.2 Å². The third-order valence-electron chi connectivity index (χ3n) is 3.63. The molecule has 0 saturated carbocycles. The molecule has 2 amide bonds. The Kier molecular flexibility index (Phi) is 6.75. The molecule has 1 atom stereocenters. The van der Waals surface area contributed by atoms with Crippen molar-refractivity contribution in [1.82, 2.24) is 5.32 Å². The summed E-state index contributed by atoms with van der Waals surface area (Å²) in [6, 6.07) is 8.00. The van der Waals surface area contributed by atoms with Crippen LogP contribution in [-0.2, 0) is 4.79 Å². The molecule has 0 fully saturated rings. The predicted octanol–water partition coefficient (Wildman–Crippen LogP) is 4.75. The summed E-state index contributed by atoms with van der Waals surface area (Å²) in [6.45, 7) is 3.59. The summed E-state index contributed by atoms with van der Waals surface area (Å²) in [5, 5.41) is 16.2. The topological polar surface area (TPSA) is 78.4 Å². The summed E-state index contributed by atoms with van der Waals surface area (Å²) in [6.07, 6.45) is 0. The smallest absolute Gasteiger partial charge is 0.255 e. The van der Waals surface area contributed by atoms with Crippen molar-refractivity contribution in [3.8, 4) is 5.75 Å². The van der Waals surface area contributed by atoms with Crippen molar-refractivity contribution in [2.45, 2.75) is 19.9 Å². The average Bonchev–Trinajstić information content (AvgIpc) is 2.55. The summed E-state index contributed by atoms with van der Waals surface area (Å²) in [5.41, 5.74) is 0.487. The van der Waals surface area contributed by atoms with E-state index in [1.165, 1.54) is 24.3 Å². The number of rotatable bonds is 5. The number of benzene rings is 2. The molecule has 5 nitrogen and oxygen atoms in total. The molecular weight excluding hydrogens is 399 g/mol. The van der Waals surface area contributed by atoms with E-state index < -0.39 is 17.9 Å². The van der Waals surface area contributed by atoms with Gasteiger partial charge >= 0.3 is 0 Å². The van der Waals surface area contributed by atoms with Gasteiger partial charge < -0.3 is 15.7 Å². The van der Waals surface area contributed by atoms with E-state index in [0.717, 1.165) is 0 Å². The fourth-order valence-corrected chi connectivity index (χ4v) is 2.71. The summed E-state index contributed by atoms with van der Waals surface area (Å²) in [7, 11) is 0. The van der Waals surface area contributed by atoms with E-state index >= 15 is 0 Å². The minimum Gasteiger partial charge on any atom is -0.507 e. The van der Waals surface area contributed by atoms with Crippen molar-refractivity contribution in [2.75, 3.05) is 5.32 Å². The van der Waals surface area contributed by atoms with Crippen LogP contribution in [0.3, 0.4) is 0 Å². The van der Waals surface area contributed by atoms with Gasteiger partial charge in [-0.25, -0.2) is 0 Å². The first kappa shape index (κ1) is 20.4. The second-order valence-electron chi connectivity index (χ2n) is 5.97. The van der Waals surface area contributed by atoms with Gasteiger partial charge in [0, 0.05) is 10.7 Å². The fraction of sp³-hybridized carbons (Fsp3) is 0.222. The van der Waals surface area contributed by atoms with E-state index in [4.69, 9.17) is 34.8 Å². The monoisotopic (exact) mass is 414 g/mol. The number of amides is 2. The zero-order valence-corrected chi connectivity index (χ0v) is 16.3. The lowest BCUT2D eigenvalue weighted by atomic mass is 10.0. The molecule has 3 N–H and O–H groups in total. The van der Waals surface area contributed by atoms with Gasteiger partial charge in [0.05, 0.1) is 15.6 Å². The second kappa shape index (κ2) is 8.62. The van der Waals surface area contributed by atoms with Gasteiger partial charge in [-0.1, -0.05) is 48.7 Å². The Balaban J connectivity index is 2.15. The third-order valence-corrected chi connectivity index (χ3v) is 4.60. The van der Waals surface area contributed by atoms with Gasteiger partial charge in [-0.3, -0.25) is 9.59 Å². The lowest BCUT2D eigenvalue weighted by Crippen LogP contribution is -2.47. The van der Waals surface area contributed by atoms with Gasteiger partial charge in [-0.05, 0) is 42.3 Å². The van der Waals surface area contributed by atoms with Gasteiger partial charge in [-0.15, -0.1) is 0 Å². The molecule has 0 aliphatic carbocycles. The maximum Gasteiger partial charge on any atom is 0.255 e. The number of carbonyl (C=O) groups excluding carboxylic acids is 2. The molecule has 26 heavy (non-hydrogen) atoms. The molecule has 0 radical (unpaired) electrons. The first-order valence-electron chi connectivity index (χ1n) is 7.74. The number of halogens is 3. The largest absolute Gasteiger partial charge is 0.507 e. The van der Waals surface area contributed by atoms with Gasteiger partial charge in [0.1, 0.15) is 11.8 Å². The van der Waals surface area contributed by atoms with Crippen molar-refractivity contribution >= 4 is 52.3 Å². The zero-order chi connectivity index (χ0) is 19.4. The van der Waals surface area contributed by atoms with E-state index in [1.54, 1.807) is 26.0 Å². The van der Waals surface area contributed by atoms with E-state index in [0.29, 0.717) is 20.8 Å². The number of carbonyl (C=O) groups is 2. The molecule has 0 aliphatic rings. The highest BCUT2D eigenvalue weighted by molar-refractivity contribution is 6.42. The van der Waals surface area contributed by atoms with Crippen molar-refractivity contribution in [1.29, 1.82) is 0 Å². The predicted molar refractivity (Wildman–Crippen MR) is 104 cm³/mol. The van der Waals surface area contributed by atoms with Crippen molar-refractivity contribution < 1.29 is 14.7 Å². The number of hydrogen-bond acceptors (Lipinski definition) is 3. The maximum absolute atomic E-state index is 12.6. The fourth-order valence-electron chi connectivity index (χ4n) is 2.24. The molecule has 0 aromatic heterocycles. The number of aromatic hydroxyl groups is 1. The van der Waals surface area contributed by atoms with E-state index in [2.05, 4.69) is 10.6 Å². The molecule has 2 aromatic carbocycles.